The van der Waals surface area contributed by atoms with Crippen LogP contribution in [0.1, 0.15) is 44.1 Å². The molecule has 0 aromatic heterocycles. The molecule has 0 bridgehead atoms. The van der Waals surface area contributed by atoms with Gasteiger partial charge in [-0.25, -0.2) is 0 Å². The number of carbonyl (C=O) groups excluding carboxylic acids is 9. The molecule has 302 valence electrons. The molecule has 1 fully saturated rings. The predicted octanol–water partition coefficient (Wildman–Crippen LogP) is -6.18. The molecule has 0 spiro atoms. The highest BCUT2D eigenvalue weighted by Gasteiger charge is 2.31. The first kappa shape index (κ1) is 44.8. The van der Waals surface area contributed by atoms with Crippen LogP contribution < -0.4 is 54.8 Å². The molecule has 4 atom stereocenters. The zero-order valence-electron chi connectivity index (χ0n) is 30.2. The van der Waals surface area contributed by atoms with Crippen LogP contribution in [-0.2, 0) is 49.6 Å². The van der Waals surface area contributed by atoms with E-state index in [1.54, 1.807) is 30.3 Å². The van der Waals surface area contributed by atoms with E-state index in [0.29, 0.717) is 5.56 Å². The molecule has 1 saturated heterocycles. The van der Waals surface area contributed by atoms with Crippen molar-refractivity contribution in [1.82, 2.24) is 36.8 Å². The highest BCUT2D eigenvalue weighted by Crippen LogP contribution is 2.08. The summed E-state index contributed by atoms with van der Waals surface area (Å²) >= 11 is 0. The molecular formula is C33H50N12O10. The molecule has 0 unspecified atom stereocenters. The van der Waals surface area contributed by atoms with Gasteiger partial charge in [0.05, 0.1) is 19.7 Å². The van der Waals surface area contributed by atoms with Crippen molar-refractivity contribution < 1.29 is 48.3 Å². The summed E-state index contributed by atoms with van der Waals surface area (Å²) in [6.07, 6.45) is -1.27. The number of benzene rings is 1. The van der Waals surface area contributed by atoms with Gasteiger partial charge in [0.15, 0.2) is 5.96 Å². The zero-order valence-corrected chi connectivity index (χ0v) is 30.2. The molecule has 0 saturated carbocycles. The Kier molecular flexibility index (Phi) is 19.1. The highest BCUT2D eigenvalue weighted by molar-refractivity contribution is 5.96. The van der Waals surface area contributed by atoms with E-state index >= 15 is 0 Å². The first-order chi connectivity index (χ1) is 26.1. The summed E-state index contributed by atoms with van der Waals surface area (Å²) in [6, 6.07) is 2.97. The molecule has 0 aliphatic carbocycles. The number of amides is 9. The largest absolute Gasteiger partial charge is 0.394 e. The van der Waals surface area contributed by atoms with Crippen molar-refractivity contribution in [2.75, 3.05) is 39.3 Å². The van der Waals surface area contributed by atoms with Gasteiger partial charge in [-0.1, -0.05) is 30.3 Å². The van der Waals surface area contributed by atoms with E-state index < -0.39 is 110 Å². The Morgan fingerprint density at radius 2 is 1.33 bits per heavy atom. The van der Waals surface area contributed by atoms with Gasteiger partial charge < -0.3 is 64.8 Å². The zero-order chi connectivity index (χ0) is 40.9. The Balaban J connectivity index is 2.46. The van der Waals surface area contributed by atoms with Crippen molar-refractivity contribution >= 4 is 59.1 Å². The average Bonchev–Trinajstić information content (AvgIpc) is 3.13. The van der Waals surface area contributed by atoms with E-state index in [0.717, 1.165) is 4.90 Å². The molecule has 1 aromatic carbocycles. The monoisotopic (exact) mass is 774 g/mol. The number of nitrogens with zero attached hydrogens (tertiary/aromatic N) is 2. The molecule has 22 heteroatoms. The summed E-state index contributed by atoms with van der Waals surface area (Å²) < 4.78 is 0. The average molecular weight is 775 g/mol. The van der Waals surface area contributed by atoms with E-state index in [-0.39, 0.29) is 57.7 Å². The molecule has 9 amide bonds. The standard InChI is InChI=1S/C33H50N12O10/c34-24(47)9-8-21-30(53)40-16-28(51)43-23(18-46)31(54)44-22(15-19-5-2-1-3-6-19)32(55)45(17-25(35)48)14-13-38-29(52)20(7-4-12-39-33(36)37)41-26(49)10-11-27(50)42-21/h1-3,5-6,20-23,46H,4,7-18H2,(H2,34,47)(H2,35,48)(H,38,52)(H,40,53)(H,41,49)(H,42,50)(H,43,51)(H,44,54)(H4,36,37,39)/t20-,21-,22+,23-/m0/s1. The summed E-state index contributed by atoms with van der Waals surface area (Å²) in [5.74, 6) is -7.69. The minimum atomic E-state index is -1.61. The minimum Gasteiger partial charge on any atom is -0.394 e. The highest BCUT2D eigenvalue weighted by atomic mass is 16.3. The summed E-state index contributed by atoms with van der Waals surface area (Å²) in [4.78, 5) is 120. The van der Waals surface area contributed by atoms with Crippen LogP contribution in [0, 0.1) is 0 Å². The number of nitrogens with one attached hydrogen (secondary N) is 6. The lowest BCUT2D eigenvalue weighted by Gasteiger charge is -2.29. The SMILES string of the molecule is NC(=O)CC[C@@H]1NC(=O)CCC(=O)N[C@@H](CCCN=C(N)N)C(=O)NCCN(CC(N)=O)C(=O)[C@@H](Cc2ccccc2)NC(=O)[C@H](CO)NC(=O)CNC1=O. The summed E-state index contributed by atoms with van der Waals surface area (Å²) in [6.45, 7) is -2.68. The number of aliphatic imine (C=N–C) groups is 1. The molecular weight excluding hydrogens is 724 g/mol. The van der Waals surface area contributed by atoms with Crippen molar-refractivity contribution in [3.8, 4) is 0 Å². The van der Waals surface area contributed by atoms with Gasteiger partial charge in [-0.3, -0.25) is 48.1 Å². The summed E-state index contributed by atoms with van der Waals surface area (Å²) in [5.41, 5.74) is 22.0. The van der Waals surface area contributed by atoms with Crippen LogP contribution in [-0.4, -0.2) is 133 Å². The molecule has 55 heavy (non-hydrogen) atoms. The fraction of sp³-hybridized carbons (Fsp3) is 0.515. The van der Waals surface area contributed by atoms with Crippen molar-refractivity contribution in [3.05, 3.63) is 35.9 Å². The Bertz CT molecular complexity index is 1570. The van der Waals surface area contributed by atoms with Crippen LogP contribution in [0.2, 0.25) is 0 Å². The van der Waals surface area contributed by atoms with Crippen molar-refractivity contribution in [2.45, 2.75) is 69.1 Å². The van der Waals surface area contributed by atoms with Crippen LogP contribution in [0.3, 0.4) is 0 Å². The van der Waals surface area contributed by atoms with Gasteiger partial charge in [0.2, 0.25) is 53.2 Å². The van der Waals surface area contributed by atoms with Gasteiger partial charge in [0.1, 0.15) is 24.2 Å². The number of carbonyl (C=O) groups is 9. The fourth-order valence-corrected chi connectivity index (χ4v) is 5.25. The number of rotatable bonds is 12. The van der Waals surface area contributed by atoms with Crippen molar-refractivity contribution in [3.63, 3.8) is 0 Å². The number of guanidine groups is 1. The number of hydrogen-bond acceptors (Lipinski definition) is 11. The second kappa shape index (κ2) is 23.4. The van der Waals surface area contributed by atoms with E-state index in [2.05, 4.69) is 36.9 Å². The van der Waals surface area contributed by atoms with Crippen LogP contribution in [0.25, 0.3) is 0 Å². The molecule has 2 rings (SSSR count). The Hall–Kier alpha value is -6.32. The number of aliphatic hydroxyl groups is 1. The quantitative estimate of drug-likeness (QED) is 0.0537. The lowest BCUT2D eigenvalue weighted by Crippen LogP contribution is -2.58. The topological polar surface area (TPSA) is 366 Å². The van der Waals surface area contributed by atoms with Gasteiger partial charge in [-0.05, 0) is 24.8 Å². The molecule has 0 radical (unpaired) electrons. The predicted molar refractivity (Wildman–Crippen MR) is 194 cm³/mol. The Labute approximate surface area is 316 Å². The van der Waals surface area contributed by atoms with Crippen LogP contribution >= 0.6 is 0 Å². The van der Waals surface area contributed by atoms with E-state index in [9.17, 15) is 48.3 Å². The second-order valence-electron chi connectivity index (χ2n) is 12.5. The molecule has 22 nitrogen and oxygen atoms in total. The maximum absolute atomic E-state index is 13.9. The van der Waals surface area contributed by atoms with Gasteiger partial charge >= 0.3 is 0 Å². The lowest BCUT2D eigenvalue weighted by molar-refractivity contribution is -0.140. The van der Waals surface area contributed by atoms with Crippen molar-refractivity contribution in [2.24, 2.45) is 27.9 Å². The van der Waals surface area contributed by atoms with E-state index in [4.69, 9.17) is 22.9 Å². The van der Waals surface area contributed by atoms with Crippen LogP contribution in [0.4, 0.5) is 0 Å². The number of primary amides is 2. The molecule has 15 N–H and O–H groups in total. The fourth-order valence-electron chi connectivity index (χ4n) is 5.25. The number of aliphatic hydroxyl groups excluding tert-OH is 1. The normalized spacial score (nSPS) is 21.5. The minimum absolute atomic E-state index is 0.0454. The third kappa shape index (κ3) is 17.4. The van der Waals surface area contributed by atoms with E-state index in [1.165, 1.54) is 0 Å². The van der Waals surface area contributed by atoms with Gasteiger partial charge in [-0.15, -0.1) is 0 Å². The third-order valence-corrected chi connectivity index (χ3v) is 8.00. The number of nitrogens with two attached hydrogens (primary N) is 4. The van der Waals surface area contributed by atoms with Gasteiger partial charge in [0.25, 0.3) is 0 Å². The summed E-state index contributed by atoms with van der Waals surface area (Å²) in [7, 11) is 0. The maximum atomic E-state index is 13.9. The molecule has 1 aliphatic rings. The van der Waals surface area contributed by atoms with E-state index in [1.807, 2.05) is 0 Å². The lowest BCUT2D eigenvalue weighted by atomic mass is 10.0. The Morgan fingerprint density at radius 3 is 1.91 bits per heavy atom. The van der Waals surface area contributed by atoms with Crippen LogP contribution in [0.5, 0.6) is 0 Å². The first-order valence-electron chi connectivity index (χ1n) is 17.4. The Morgan fingerprint density at radius 1 is 0.727 bits per heavy atom. The molecule has 1 aliphatic heterocycles. The first-order valence-corrected chi connectivity index (χ1v) is 17.4. The smallest absolute Gasteiger partial charge is 0.246 e. The van der Waals surface area contributed by atoms with Crippen LogP contribution in [0.15, 0.2) is 35.3 Å². The van der Waals surface area contributed by atoms with Gasteiger partial charge in [0, 0.05) is 45.3 Å². The third-order valence-electron chi connectivity index (χ3n) is 8.00. The molecule has 1 heterocycles. The summed E-state index contributed by atoms with van der Waals surface area (Å²) in [5, 5.41) is 24.5. The molecule has 1 aromatic rings. The second-order valence-corrected chi connectivity index (χ2v) is 12.5. The van der Waals surface area contributed by atoms with Gasteiger partial charge in [-0.2, -0.15) is 0 Å². The maximum Gasteiger partial charge on any atom is 0.246 e. The number of hydrogen-bond donors (Lipinski definition) is 11. The van der Waals surface area contributed by atoms with Crippen molar-refractivity contribution in [1.29, 1.82) is 0 Å².